The molecule has 0 aromatic heterocycles. The van der Waals surface area contributed by atoms with Crippen molar-refractivity contribution in [1.29, 1.82) is 0 Å². The molecule has 1 aromatic carbocycles. The molecule has 2 heteroatoms. The Bertz CT molecular complexity index is 390. The maximum atomic E-state index is 3.56. The Morgan fingerprint density at radius 3 is 2.55 bits per heavy atom. The molecular weight excluding hydrogens is 244 g/mol. The third-order valence-electron chi connectivity index (χ3n) is 5.12. The highest BCUT2D eigenvalue weighted by Crippen LogP contribution is 2.31. The van der Waals surface area contributed by atoms with Crippen LogP contribution < -0.4 is 5.32 Å². The maximum absolute atomic E-state index is 3.56. The number of likely N-dealkylation sites (N-methyl/N-ethyl adjacent to an activating group) is 1. The zero-order chi connectivity index (χ0) is 14.5. The van der Waals surface area contributed by atoms with Crippen molar-refractivity contribution in [1.82, 2.24) is 10.2 Å². The van der Waals surface area contributed by atoms with Gasteiger partial charge in [0.25, 0.3) is 0 Å². The Morgan fingerprint density at radius 1 is 1.25 bits per heavy atom. The fourth-order valence-electron chi connectivity index (χ4n) is 3.74. The van der Waals surface area contributed by atoms with Gasteiger partial charge in [-0.05, 0) is 51.3 Å². The van der Waals surface area contributed by atoms with Crippen LogP contribution >= 0.6 is 0 Å². The van der Waals surface area contributed by atoms with E-state index in [0.717, 1.165) is 5.92 Å². The smallest absolute Gasteiger partial charge is 0.0475 e. The lowest BCUT2D eigenvalue weighted by Gasteiger charge is -2.45. The molecule has 0 bridgehead atoms. The zero-order valence-corrected chi connectivity index (χ0v) is 13.5. The molecule has 1 fully saturated rings. The van der Waals surface area contributed by atoms with Crippen LogP contribution in [0.4, 0.5) is 0 Å². The van der Waals surface area contributed by atoms with Gasteiger partial charge in [-0.15, -0.1) is 0 Å². The molecule has 1 aromatic rings. The zero-order valence-electron chi connectivity index (χ0n) is 13.5. The molecule has 0 aliphatic carbocycles. The number of benzene rings is 1. The topological polar surface area (TPSA) is 15.3 Å². The third-order valence-corrected chi connectivity index (χ3v) is 5.12. The van der Waals surface area contributed by atoms with Crippen molar-refractivity contribution in [3.63, 3.8) is 0 Å². The van der Waals surface area contributed by atoms with E-state index in [1.165, 1.54) is 31.4 Å². The number of nitrogens with zero attached hydrogens (tertiary/aromatic N) is 1. The number of likely N-dealkylation sites (tertiary alicyclic amines) is 1. The summed E-state index contributed by atoms with van der Waals surface area (Å²) < 4.78 is 0. The summed E-state index contributed by atoms with van der Waals surface area (Å²) in [6.07, 6.45) is 3.91. The third kappa shape index (κ3) is 3.24. The summed E-state index contributed by atoms with van der Waals surface area (Å²) in [5.74, 6) is 0.811. The first-order valence-electron chi connectivity index (χ1n) is 8.17. The highest BCUT2D eigenvalue weighted by molar-refractivity contribution is 5.21. The first-order valence-corrected chi connectivity index (χ1v) is 8.17. The van der Waals surface area contributed by atoms with Crippen molar-refractivity contribution in [2.75, 3.05) is 13.6 Å². The molecule has 0 amide bonds. The fraction of sp³-hybridized carbons (Fsp3) is 0.667. The second kappa shape index (κ2) is 7.24. The van der Waals surface area contributed by atoms with Gasteiger partial charge in [0.15, 0.2) is 0 Å². The Kier molecular flexibility index (Phi) is 5.62. The van der Waals surface area contributed by atoms with Crippen LogP contribution in [0.1, 0.15) is 51.6 Å². The first kappa shape index (κ1) is 15.5. The number of rotatable bonds is 5. The van der Waals surface area contributed by atoms with E-state index in [4.69, 9.17) is 0 Å². The molecule has 4 atom stereocenters. The molecule has 0 spiro atoms. The van der Waals surface area contributed by atoms with Crippen molar-refractivity contribution in [3.05, 3.63) is 35.9 Å². The molecule has 0 radical (unpaired) electrons. The van der Waals surface area contributed by atoms with Gasteiger partial charge in [-0.25, -0.2) is 0 Å². The maximum Gasteiger partial charge on any atom is 0.0475 e. The Labute approximate surface area is 124 Å². The molecule has 1 aliphatic rings. The normalized spacial score (nSPS) is 27.2. The minimum atomic E-state index is 0.425. The van der Waals surface area contributed by atoms with E-state index < -0.39 is 0 Å². The summed E-state index contributed by atoms with van der Waals surface area (Å²) in [5, 5.41) is 3.56. The van der Waals surface area contributed by atoms with E-state index in [1.807, 2.05) is 0 Å². The fourth-order valence-corrected chi connectivity index (χ4v) is 3.74. The van der Waals surface area contributed by atoms with Gasteiger partial charge in [0, 0.05) is 18.1 Å². The summed E-state index contributed by atoms with van der Waals surface area (Å²) in [6, 6.07) is 12.6. The molecule has 112 valence electrons. The lowest BCUT2D eigenvalue weighted by Crippen LogP contribution is -2.52. The quantitative estimate of drug-likeness (QED) is 0.877. The van der Waals surface area contributed by atoms with Gasteiger partial charge in [-0.2, -0.15) is 0 Å². The molecule has 4 unspecified atom stereocenters. The van der Waals surface area contributed by atoms with Crippen LogP contribution in [0, 0.1) is 5.92 Å². The Morgan fingerprint density at radius 2 is 1.95 bits per heavy atom. The summed E-state index contributed by atoms with van der Waals surface area (Å²) in [4.78, 5) is 2.74. The number of nitrogens with one attached hydrogen (secondary N) is 1. The van der Waals surface area contributed by atoms with Gasteiger partial charge >= 0.3 is 0 Å². The molecule has 1 N–H and O–H groups in total. The lowest BCUT2D eigenvalue weighted by atomic mass is 9.87. The van der Waals surface area contributed by atoms with Crippen LogP contribution in [0.15, 0.2) is 30.3 Å². The van der Waals surface area contributed by atoms with E-state index in [0.29, 0.717) is 18.1 Å². The van der Waals surface area contributed by atoms with E-state index in [9.17, 15) is 0 Å². The molecule has 1 aliphatic heterocycles. The molecule has 1 saturated heterocycles. The van der Waals surface area contributed by atoms with Crippen molar-refractivity contribution >= 4 is 0 Å². The van der Waals surface area contributed by atoms with Gasteiger partial charge in [0.1, 0.15) is 0 Å². The van der Waals surface area contributed by atoms with E-state index in [2.05, 4.69) is 68.4 Å². The summed E-state index contributed by atoms with van der Waals surface area (Å²) >= 11 is 0. The van der Waals surface area contributed by atoms with E-state index in [-0.39, 0.29) is 0 Å². The van der Waals surface area contributed by atoms with Gasteiger partial charge in [-0.3, -0.25) is 4.90 Å². The standard InChI is InChI=1S/C18H30N2/c1-5-17(20-13-9-10-14(2)15(20)3)18(19-4)16-11-7-6-8-12-16/h6-8,11-12,14-15,17-19H,5,9-10,13H2,1-4H3. The van der Waals surface area contributed by atoms with Gasteiger partial charge in [-0.1, -0.05) is 44.2 Å². The number of hydrogen-bond donors (Lipinski definition) is 1. The second-order valence-corrected chi connectivity index (χ2v) is 6.25. The summed E-state index contributed by atoms with van der Waals surface area (Å²) in [7, 11) is 2.10. The monoisotopic (exact) mass is 274 g/mol. The molecule has 0 saturated carbocycles. The lowest BCUT2D eigenvalue weighted by molar-refractivity contribution is 0.0484. The predicted octanol–water partition coefficient (Wildman–Crippen LogP) is 3.85. The highest BCUT2D eigenvalue weighted by atomic mass is 15.2. The SMILES string of the molecule is CCC(C(NC)c1ccccc1)N1CCCC(C)C1C. The van der Waals surface area contributed by atoms with Gasteiger partial charge < -0.3 is 5.32 Å². The molecule has 2 rings (SSSR count). The van der Waals surface area contributed by atoms with Crippen molar-refractivity contribution < 1.29 is 0 Å². The van der Waals surface area contributed by atoms with Crippen LogP contribution in [-0.4, -0.2) is 30.6 Å². The van der Waals surface area contributed by atoms with E-state index >= 15 is 0 Å². The van der Waals surface area contributed by atoms with Gasteiger partial charge in [0.05, 0.1) is 0 Å². The molecular formula is C18H30N2. The van der Waals surface area contributed by atoms with Crippen LogP contribution in [-0.2, 0) is 0 Å². The van der Waals surface area contributed by atoms with E-state index in [1.54, 1.807) is 0 Å². The minimum Gasteiger partial charge on any atom is -0.312 e. The molecule has 20 heavy (non-hydrogen) atoms. The van der Waals surface area contributed by atoms with Crippen LogP contribution in [0.3, 0.4) is 0 Å². The number of hydrogen-bond acceptors (Lipinski definition) is 2. The van der Waals surface area contributed by atoms with Gasteiger partial charge in [0.2, 0.25) is 0 Å². The van der Waals surface area contributed by atoms with Crippen LogP contribution in [0.25, 0.3) is 0 Å². The largest absolute Gasteiger partial charge is 0.312 e. The predicted molar refractivity (Wildman–Crippen MR) is 86.9 cm³/mol. The average molecular weight is 274 g/mol. The first-order chi connectivity index (χ1) is 9.69. The average Bonchev–Trinajstić information content (AvgIpc) is 2.49. The summed E-state index contributed by atoms with van der Waals surface area (Å²) in [5.41, 5.74) is 1.41. The Hall–Kier alpha value is -0.860. The van der Waals surface area contributed by atoms with Crippen molar-refractivity contribution in [2.24, 2.45) is 5.92 Å². The Balaban J connectivity index is 2.21. The summed E-state index contributed by atoms with van der Waals surface area (Å²) in [6.45, 7) is 8.38. The second-order valence-electron chi connectivity index (χ2n) is 6.25. The van der Waals surface area contributed by atoms with Crippen molar-refractivity contribution in [3.8, 4) is 0 Å². The minimum absolute atomic E-state index is 0.425. The molecule has 1 heterocycles. The van der Waals surface area contributed by atoms with Crippen LogP contribution in [0.5, 0.6) is 0 Å². The molecule has 2 nitrogen and oxygen atoms in total. The highest BCUT2D eigenvalue weighted by Gasteiger charge is 2.33. The van der Waals surface area contributed by atoms with Crippen LogP contribution in [0.2, 0.25) is 0 Å². The van der Waals surface area contributed by atoms with Crippen molar-refractivity contribution in [2.45, 2.75) is 58.2 Å². The number of piperidine rings is 1.